The number of nitrogens with two attached hydrogens (primary N) is 1. The molecular formula is C15H20N2O2. The molecule has 0 aromatic heterocycles. The van der Waals surface area contributed by atoms with E-state index in [-0.39, 0.29) is 11.8 Å². The Hall–Kier alpha value is -1.84. The second-order valence-electron chi connectivity index (χ2n) is 4.99. The van der Waals surface area contributed by atoms with Gasteiger partial charge in [0.15, 0.2) is 0 Å². The highest BCUT2D eigenvalue weighted by Gasteiger charge is 2.23. The Morgan fingerprint density at radius 1 is 1.11 bits per heavy atom. The minimum atomic E-state index is -0.0184. The van der Waals surface area contributed by atoms with Crippen molar-refractivity contribution in [1.82, 2.24) is 4.90 Å². The minimum absolute atomic E-state index is 0.0184. The lowest BCUT2D eigenvalue weighted by molar-refractivity contribution is -0.143. The van der Waals surface area contributed by atoms with E-state index in [4.69, 9.17) is 5.73 Å². The molecule has 1 aromatic carbocycles. The third kappa shape index (κ3) is 3.81. The van der Waals surface area contributed by atoms with Crippen LogP contribution in [0.1, 0.15) is 37.7 Å². The molecule has 0 unspecified atom stereocenters. The first-order valence-electron chi connectivity index (χ1n) is 6.84. The first kappa shape index (κ1) is 13.6. The molecule has 1 saturated heterocycles. The van der Waals surface area contributed by atoms with Crippen LogP contribution in [-0.2, 0) is 16.0 Å². The summed E-state index contributed by atoms with van der Waals surface area (Å²) >= 11 is 0. The van der Waals surface area contributed by atoms with Crippen LogP contribution in [0.25, 0.3) is 0 Å². The molecule has 1 heterocycles. The van der Waals surface area contributed by atoms with Gasteiger partial charge in [0, 0.05) is 25.1 Å². The lowest BCUT2D eigenvalue weighted by atomic mass is 10.1. The topological polar surface area (TPSA) is 63.4 Å². The van der Waals surface area contributed by atoms with Crippen molar-refractivity contribution in [2.24, 2.45) is 0 Å². The summed E-state index contributed by atoms with van der Waals surface area (Å²) in [4.78, 5) is 25.0. The molecule has 19 heavy (non-hydrogen) atoms. The van der Waals surface area contributed by atoms with Crippen LogP contribution >= 0.6 is 0 Å². The molecule has 1 aliphatic rings. The molecule has 4 nitrogen and oxygen atoms in total. The monoisotopic (exact) mass is 260 g/mol. The second kappa shape index (κ2) is 6.36. The van der Waals surface area contributed by atoms with E-state index in [0.717, 1.165) is 36.9 Å². The van der Waals surface area contributed by atoms with E-state index in [9.17, 15) is 9.59 Å². The Bertz CT molecular complexity index is 453. The molecule has 0 radical (unpaired) electrons. The van der Waals surface area contributed by atoms with Crippen molar-refractivity contribution in [3.8, 4) is 0 Å². The standard InChI is InChI=1S/C15H20N2O2/c16-13-7-3-5-12(11-13)6-4-10-17-14(18)8-1-2-9-15(17)19/h3,5,7,11H,1-2,4,6,8-10,16H2. The number of hydrogen-bond acceptors (Lipinski definition) is 3. The zero-order chi connectivity index (χ0) is 13.7. The maximum absolute atomic E-state index is 11.8. The molecule has 2 amide bonds. The summed E-state index contributed by atoms with van der Waals surface area (Å²) in [6, 6.07) is 7.73. The molecule has 1 aromatic rings. The molecule has 1 fully saturated rings. The van der Waals surface area contributed by atoms with Gasteiger partial charge in [-0.2, -0.15) is 0 Å². The zero-order valence-corrected chi connectivity index (χ0v) is 11.1. The number of nitrogen functional groups attached to an aromatic ring is 1. The third-order valence-corrected chi connectivity index (χ3v) is 3.43. The van der Waals surface area contributed by atoms with Gasteiger partial charge in [-0.15, -0.1) is 0 Å². The number of anilines is 1. The van der Waals surface area contributed by atoms with Crippen molar-refractivity contribution in [2.75, 3.05) is 12.3 Å². The first-order chi connectivity index (χ1) is 9.16. The molecule has 0 aliphatic carbocycles. The fraction of sp³-hybridized carbons (Fsp3) is 0.467. The van der Waals surface area contributed by atoms with Gasteiger partial charge in [0.25, 0.3) is 0 Å². The summed E-state index contributed by atoms with van der Waals surface area (Å²) in [5.74, 6) is -0.0369. The van der Waals surface area contributed by atoms with Crippen LogP contribution in [0.5, 0.6) is 0 Å². The summed E-state index contributed by atoms with van der Waals surface area (Å²) in [7, 11) is 0. The molecule has 2 N–H and O–H groups in total. The van der Waals surface area contributed by atoms with Gasteiger partial charge in [-0.05, 0) is 43.4 Å². The van der Waals surface area contributed by atoms with E-state index >= 15 is 0 Å². The number of nitrogens with zero attached hydrogens (tertiary/aromatic N) is 1. The summed E-state index contributed by atoms with van der Waals surface area (Å²) in [6.45, 7) is 0.520. The molecule has 0 atom stereocenters. The molecule has 0 bridgehead atoms. The molecular weight excluding hydrogens is 240 g/mol. The third-order valence-electron chi connectivity index (χ3n) is 3.43. The van der Waals surface area contributed by atoms with Crippen LogP contribution in [0.2, 0.25) is 0 Å². The van der Waals surface area contributed by atoms with Crippen molar-refractivity contribution in [2.45, 2.75) is 38.5 Å². The number of aryl methyl sites for hydroxylation is 1. The SMILES string of the molecule is Nc1cccc(CCCN2C(=O)CCCCC2=O)c1. The minimum Gasteiger partial charge on any atom is -0.399 e. The average Bonchev–Trinajstić information content (AvgIpc) is 2.53. The van der Waals surface area contributed by atoms with Gasteiger partial charge in [0.1, 0.15) is 0 Å². The second-order valence-corrected chi connectivity index (χ2v) is 4.99. The number of rotatable bonds is 4. The summed E-state index contributed by atoms with van der Waals surface area (Å²) < 4.78 is 0. The Morgan fingerprint density at radius 3 is 2.42 bits per heavy atom. The van der Waals surface area contributed by atoms with E-state index in [1.165, 1.54) is 4.90 Å². The van der Waals surface area contributed by atoms with Crippen LogP contribution in [0.4, 0.5) is 5.69 Å². The number of hydrogen-bond donors (Lipinski definition) is 1. The smallest absolute Gasteiger partial charge is 0.229 e. The number of carbonyl (C=O) groups is 2. The van der Waals surface area contributed by atoms with Gasteiger partial charge < -0.3 is 5.73 Å². The van der Waals surface area contributed by atoms with E-state index in [1.54, 1.807) is 0 Å². The number of benzene rings is 1. The van der Waals surface area contributed by atoms with E-state index in [1.807, 2.05) is 24.3 Å². The largest absolute Gasteiger partial charge is 0.399 e. The van der Waals surface area contributed by atoms with E-state index < -0.39 is 0 Å². The number of carbonyl (C=O) groups excluding carboxylic acids is 2. The number of amides is 2. The number of imide groups is 1. The molecule has 102 valence electrons. The molecule has 1 aliphatic heterocycles. The Kier molecular flexibility index (Phi) is 4.55. The van der Waals surface area contributed by atoms with E-state index in [2.05, 4.69) is 0 Å². The van der Waals surface area contributed by atoms with Crippen molar-refractivity contribution in [3.63, 3.8) is 0 Å². The van der Waals surface area contributed by atoms with Gasteiger partial charge in [0.2, 0.25) is 11.8 Å². The van der Waals surface area contributed by atoms with Crippen LogP contribution in [0, 0.1) is 0 Å². The Labute approximate surface area is 113 Å². The highest BCUT2D eigenvalue weighted by molar-refractivity contribution is 5.95. The Morgan fingerprint density at radius 2 is 1.79 bits per heavy atom. The summed E-state index contributed by atoms with van der Waals surface area (Å²) in [5.41, 5.74) is 7.62. The van der Waals surface area contributed by atoms with Crippen molar-refractivity contribution in [3.05, 3.63) is 29.8 Å². The van der Waals surface area contributed by atoms with Crippen LogP contribution in [-0.4, -0.2) is 23.3 Å². The maximum atomic E-state index is 11.8. The van der Waals surface area contributed by atoms with Gasteiger partial charge >= 0.3 is 0 Å². The van der Waals surface area contributed by atoms with Crippen molar-refractivity contribution in [1.29, 1.82) is 0 Å². The molecule has 0 spiro atoms. The molecule has 2 rings (SSSR count). The van der Waals surface area contributed by atoms with Crippen LogP contribution in [0.15, 0.2) is 24.3 Å². The van der Waals surface area contributed by atoms with Crippen molar-refractivity contribution >= 4 is 17.5 Å². The normalized spacial score (nSPS) is 16.5. The predicted molar refractivity (Wildman–Crippen MR) is 74.4 cm³/mol. The first-order valence-corrected chi connectivity index (χ1v) is 6.84. The molecule has 4 heteroatoms. The lowest BCUT2D eigenvalue weighted by Gasteiger charge is -2.18. The zero-order valence-electron chi connectivity index (χ0n) is 11.1. The highest BCUT2D eigenvalue weighted by atomic mass is 16.2. The molecule has 0 saturated carbocycles. The maximum Gasteiger partial charge on any atom is 0.229 e. The van der Waals surface area contributed by atoms with Crippen molar-refractivity contribution < 1.29 is 9.59 Å². The predicted octanol–water partition coefficient (Wildman–Crippen LogP) is 2.13. The highest BCUT2D eigenvalue weighted by Crippen LogP contribution is 2.14. The van der Waals surface area contributed by atoms with E-state index in [0.29, 0.717) is 19.4 Å². The summed E-state index contributed by atoms with van der Waals surface area (Å²) in [5, 5.41) is 0. The number of likely N-dealkylation sites (tertiary alicyclic amines) is 1. The van der Waals surface area contributed by atoms with Crippen LogP contribution in [0.3, 0.4) is 0 Å². The fourth-order valence-electron chi connectivity index (χ4n) is 2.40. The van der Waals surface area contributed by atoms with Gasteiger partial charge in [-0.25, -0.2) is 0 Å². The lowest BCUT2D eigenvalue weighted by Crippen LogP contribution is -2.36. The van der Waals surface area contributed by atoms with Crippen LogP contribution < -0.4 is 5.73 Å². The fourth-order valence-corrected chi connectivity index (χ4v) is 2.40. The summed E-state index contributed by atoms with van der Waals surface area (Å²) in [6.07, 6.45) is 4.30. The Balaban J connectivity index is 1.87. The van der Waals surface area contributed by atoms with Gasteiger partial charge in [-0.1, -0.05) is 12.1 Å². The van der Waals surface area contributed by atoms with Gasteiger partial charge in [0.05, 0.1) is 0 Å². The quantitative estimate of drug-likeness (QED) is 0.666. The average molecular weight is 260 g/mol. The van der Waals surface area contributed by atoms with Gasteiger partial charge in [-0.3, -0.25) is 14.5 Å².